The van der Waals surface area contributed by atoms with Crippen molar-refractivity contribution in [2.45, 2.75) is 36.4 Å². The van der Waals surface area contributed by atoms with Gasteiger partial charge in [-0.1, -0.05) is 35.2 Å². The van der Waals surface area contributed by atoms with Crippen LogP contribution < -0.4 is 0 Å². The minimum Gasteiger partial charge on any atom is -0.297 e. The number of hydrogen-bond donors (Lipinski definition) is 0. The molecule has 11 heavy (non-hydrogen) atoms. The molecule has 1 nitrogen and oxygen atoms in total. The standard InChI is InChI=1S/C8H12BrClO/c9-8(10)7(11)6-4-2-1-3-5-6/h6,8H,1-5H2. The van der Waals surface area contributed by atoms with Crippen LogP contribution in [-0.4, -0.2) is 10.1 Å². The molecule has 0 heterocycles. The second-order valence-corrected chi connectivity index (χ2v) is 4.92. The number of carbonyl (C=O) groups is 1. The van der Waals surface area contributed by atoms with Gasteiger partial charge in [-0.05, 0) is 12.8 Å². The highest BCUT2D eigenvalue weighted by Crippen LogP contribution is 2.27. The number of ketones is 1. The molecule has 1 saturated carbocycles. The van der Waals surface area contributed by atoms with E-state index in [0.29, 0.717) is 0 Å². The first-order valence-corrected chi connectivity index (χ1v) is 5.39. The molecule has 0 radical (unpaired) electrons. The van der Waals surface area contributed by atoms with Gasteiger partial charge in [0.15, 0.2) is 5.78 Å². The van der Waals surface area contributed by atoms with Gasteiger partial charge in [0.1, 0.15) is 4.29 Å². The van der Waals surface area contributed by atoms with Crippen LogP contribution in [0.1, 0.15) is 32.1 Å². The summed E-state index contributed by atoms with van der Waals surface area (Å²) < 4.78 is -0.467. The molecule has 0 saturated heterocycles. The molecule has 1 aliphatic carbocycles. The zero-order valence-electron chi connectivity index (χ0n) is 6.35. The lowest BCUT2D eigenvalue weighted by atomic mass is 9.87. The van der Waals surface area contributed by atoms with E-state index in [2.05, 4.69) is 15.9 Å². The van der Waals surface area contributed by atoms with Gasteiger partial charge in [0.05, 0.1) is 0 Å². The summed E-state index contributed by atoms with van der Waals surface area (Å²) in [5.74, 6) is 0.400. The smallest absolute Gasteiger partial charge is 0.164 e. The summed E-state index contributed by atoms with van der Waals surface area (Å²) in [6.45, 7) is 0. The SMILES string of the molecule is O=C(C(Cl)Br)C1CCCCC1. The quantitative estimate of drug-likeness (QED) is 0.677. The summed E-state index contributed by atoms with van der Waals surface area (Å²) in [6.07, 6.45) is 5.72. The molecule has 0 bridgehead atoms. The molecule has 1 unspecified atom stereocenters. The van der Waals surface area contributed by atoms with E-state index in [9.17, 15) is 4.79 Å². The fraction of sp³-hybridized carbons (Fsp3) is 0.875. The summed E-state index contributed by atoms with van der Waals surface area (Å²) in [5.41, 5.74) is 0. The molecular weight excluding hydrogens is 227 g/mol. The molecule has 1 rings (SSSR count). The minimum atomic E-state index is -0.467. The van der Waals surface area contributed by atoms with Crippen molar-refractivity contribution in [3.8, 4) is 0 Å². The molecule has 0 amide bonds. The maximum Gasteiger partial charge on any atom is 0.164 e. The predicted octanol–water partition coefficient (Wildman–Crippen LogP) is 3.10. The second-order valence-electron chi connectivity index (χ2n) is 3.04. The minimum absolute atomic E-state index is 0.173. The normalized spacial score (nSPS) is 23.1. The van der Waals surface area contributed by atoms with Gasteiger partial charge in [0.25, 0.3) is 0 Å². The molecule has 0 aromatic heterocycles. The van der Waals surface area contributed by atoms with Crippen molar-refractivity contribution in [3.63, 3.8) is 0 Å². The monoisotopic (exact) mass is 238 g/mol. The Labute approximate surface area is 80.6 Å². The van der Waals surface area contributed by atoms with Crippen LogP contribution in [0.15, 0.2) is 0 Å². The Balaban J connectivity index is 2.39. The van der Waals surface area contributed by atoms with Gasteiger partial charge in [-0.3, -0.25) is 4.79 Å². The van der Waals surface area contributed by atoms with Crippen LogP contribution >= 0.6 is 27.5 Å². The van der Waals surface area contributed by atoms with Crippen LogP contribution in [0.5, 0.6) is 0 Å². The lowest BCUT2D eigenvalue weighted by Gasteiger charge is -2.20. The molecule has 0 spiro atoms. The van der Waals surface area contributed by atoms with Crippen LogP contribution in [0.25, 0.3) is 0 Å². The van der Waals surface area contributed by atoms with E-state index in [-0.39, 0.29) is 11.7 Å². The Morgan fingerprint density at radius 3 is 2.36 bits per heavy atom. The van der Waals surface area contributed by atoms with Gasteiger partial charge in [-0.15, -0.1) is 11.6 Å². The number of hydrogen-bond acceptors (Lipinski definition) is 1. The van der Waals surface area contributed by atoms with Crippen LogP contribution in [0.3, 0.4) is 0 Å². The maximum atomic E-state index is 11.3. The topological polar surface area (TPSA) is 17.1 Å². The molecular formula is C8H12BrClO. The van der Waals surface area contributed by atoms with Gasteiger partial charge in [-0.2, -0.15) is 0 Å². The van der Waals surface area contributed by atoms with E-state index in [1.807, 2.05) is 0 Å². The molecule has 0 N–H and O–H groups in total. The van der Waals surface area contributed by atoms with Gasteiger partial charge < -0.3 is 0 Å². The van der Waals surface area contributed by atoms with E-state index in [4.69, 9.17) is 11.6 Å². The third kappa shape index (κ3) is 2.75. The molecule has 0 aromatic rings. The Morgan fingerprint density at radius 2 is 1.91 bits per heavy atom. The van der Waals surface area contributed by atoms with E-state index < -0.39 is 4.29 Å². The van der Waals surface area contributed by atoms with Gasteiger partial charge in [0.2, 0.25) is 0 Å². The lowest BCUT2D eigenvalue weighted by molar-refractivity contribution is -0.121. The van der Waals surface area contributed by atoms with Crippen molar-refractivity contribution in [2.24, 2.45) is 5.92 Å². The van der Waals surface area contributed by atoms with E-state index >= 15 is 0 Å². The summed E-state index contributed by atoms with van der Waals surface area (Å²) in [6, 6.07) is 0. The first kappa shape index (κ1) is 9.53. The highest BCUT2D eigenvalue weighted by atomic mass is 79.9. The van der Waals surface area contributed by atoms with Crippen molar-refractivity contribution >= 4 is 33.3 Å². The largest absolute Gasteiger partial charge is 0.297 e. The van der Waals surface area contributed by atoms with Crippen molar-refractivity contribution in [1.29, 1.82) is 0 Å². The Morgan fingerprint density at radius 1 is 1.36 bits per heavy atom. The van der Waals surface area contributed by atoms with Crippen LogP contribution in [-0.2, 0) is 4.79 Å². The van der Waals surface area contributed by atoms with Crippen molar-refractivity contribution in [2.75, 3.05) is 0 Å². The molecule has 0 aliphatic heterocycles. The molecule has 1 atom stereocenters. The maximum absolute atomic E-state index is 11.3. The average molecular weight is 240 g/mol. The Kier molecular flexibility index (Phi) is 3.86. The van der Waals surface area contributed by atoms with Crippen LogP contribution in [0, 0.1) is 5.92 Å². The third-order valence-corrected chi connectivity index (χ3v) is 2.89. The number of halogens is 2. The van der Waals surface area contributed by atoms with E-state index in [1.54, 1.807) is 0 Å². The number of carbonyl (C=O) groups excluding carboxylic acids is 1. The molecule has 0 aromatic carbocycles. The predicted molar refractivity (Wildman–Crippen MR) is 50.2 cm³/mol. The second kappa shape index (κ2) is 4.46. The highest BCUT2D eigenvalue weighted by molar-refractivity contribution is 9.10. The van der Waals surface area contributed by atoms with Gasteiger partial charge >= 0.3 is 0 Å². The fourth-order valence-corrected chi connectivity index (χ4v) is 2.12. The van der Waals surface area contributed by atoms with Crippen molar-refractivity contribution in [3.05, 3.63) is 0 Å². The Hall–Kier alpha value is 0.440. The van der Waals surface area contributed by atoms with Crippen molar-refractivity contribution in [1.82, 2.24) is 0 Å². The molecule has 3 heteroatoms. The number of Topliss-reactive ketones (excluding diaryl/α,β-unsaturated/α-hetero) is 1. The number of alkyl halides is 2. The van der Waals surface area contributed by atoms with Gasteiger partial charge in [-0.25, -0.2) is 0 Å². The van der Waals surface area contributed by atoms with E-state index in [0.717, 1.165) is 12.8 Å². The Bertz CT molecular complexity index is 141. The highest BCUT2D eigenvalue weighted by Gasteiger charge is 2.24. The first-order valence-electron chi connectivity index (χ1n) is 4.03. The fourth-order valence-electron chi connectivity index (χ4n) is 1.57. The summed E-state index contributed by atoms with van der Waals surface area (Å²) in [5, 5.41) is 0. The molecule has 1 fully saturated rings. The summed E-state index contributed by atoms with van der Waals surface area (Å²) in [4.78, 5) is 11.3. The zero-order chi connectivity index (χ0) is 8.27. The van der Waals surface area contributed by atoms with Crippen molar-refractivity contribution < 1.29 is 4.79 Å². The van der Waals surface area contributed by atoms with E-state index in [1.165, 1.54) is 19.3 Å². The zero-order valence-corrected chi connectivity index (χ0v) is 8.70. The number of rotatable bonds is 2. The molecule has 1 aliphatic rings. The van der Waals surface area contributed by atoms with Gasteiger partial charge in [0, 0.05) is 5.92 Å². The van der Waals surface area contributed by atoms with Crippen LogP contribution in [0.4, 0.5) is 0 Å². The summed E-state index contributed by atoms with van der Waals surface area (Å²) >= 11 is 8.72. The molecule has 64 valence electrons. The summed E-state index contributed by atoms with van der Waals surface area (Å²) in [7, 11) is 0. The first-order chi connectivity index (χ1) is 5.22. The van der Waals surface area contributed by atoms with Crippen LogP contribution in [0.2, 0.25) is 0 Å². The average Bonchev–Trinajstić information content (AvgIpc) is 2.05. The lowest BCUT2D eigenvalue weighted by Crippen LogP contribution is -2.22. The third-order valence-electron chi connectivity index (χ3n) is 2.22.